The normalized spacial score (nSPS) is 11.9. The third-order valence-electron chi connectivity index (χ3n) is 5.29. The molecule has 0 radical (unpaired) electrons. The highest BCUT2D eigenvalue weighted by Gasteiger charge is 2.21. The molecule has 0 unspecified atom stereocenters. The van der Waals surface area contributed by atoms with E-state index in [1.54, 1.807) is 0 Å². The Morgan fingerprint density at radius 1 is 0.969 bits per heavy atom. The Kier molecular flexibility index (Phi) is 5.07. The lowest BCUT2D eigenvalue weighted by atomic mass is 10.0. The number of aliphatic imine (C=N–C) groups is 1. The molecule has 0 aliphatic carbocycles. The number of nitrogens with one attached hydrogen (secondary N) is 1. The zero-order chi connectivity index (χ0) is 22.2. The molecule has 0 atom stereocenters. The van der Waals surface area contributed by atoms with Crippen LogP contribution in [0.3, 0.4) is 0 Å². The molecule has 2 aromatic heterocycles. The van der Waals surface area contributed by atoms with E-state index in [1.807, 2.05) is 87.5 Å². The maximum atomic E-state index is 13.6. The number of fused-ring (bicyclic) bond motifs is 1. The van der Waals surface area contributed by atoms with Crippen LogP contribution in [0, 0.1) is 13.8 Å². The molecule has 5 nitrogen and oxygen atoms in total. The third kappa shape index (κ3) is 3.69. The molecule has 0 aliphatic rings. The Morgan fingerprint density at radius 3 is 2.38 bits per heavy atom. The summed E-state index contributed by atoms with van der Waals surface area (Å²) < 4.78 is 2.57. The highest BCUT2D eigenvalue weighted by atomic mass is 32.1. The summed E-state index contributed by atoms with van der Waals surface area (Å²) in [5.41, 5.74) is 6.71. The van der Waals surface area contributed by atoms with Crippen molar-refractivity contribution in [1.29, 1.82) is 0 Å². The second-order valence-electron chi connectivity index (χ2n) is 7.88. The first-order valence-corrected chi connectivity index (χ1v) is 11.2. The minimum Gasteiger partial charge on any atom is -0.288 e. The van der Waals surface area contributed by atoms with Gasteiger partial charge in [0, 0.05) is 5.56 Å². The SMILES string of the molecule is CC(=Nc1cc(C)cc(C)c1)c1c(-c2ccccc2)[nH]n(-c2nc3ccccc3s2)c1=O. The van der Waals surface area contributed by atoms with Gasteiger partial charge in [-0.2, -0.15) is 4.68 Å². The average Bonchev–Trinajstić information content (AvgIpc) is 3.34. The number of aromatic nitrogens is 3. The molecule has 158 valence electrons. The van der Waals surface area contributed by atoms with Gasteiger partial charge in [0.25, 0.3) is 5.56 Å². The van der Waals surface area contributed by atoms with Crippen LogP contribution in [0.4, 0.5) is 5.69 Å². The number of aryl methyl sites for hydroxylation is 2. The molecule has 5 aromatic rings. The van der Waals surface area contributed by atoms with Crippen LogP contribution in [0.25, 0.3) is 26.6 Å². The van der Waals surface area contributed by atoms with Gasteiger partial charge in [-0.05, 0) is 56.2 Å². The van der Waals surface area contributed by atoms with Gasteiger partial charge in [-0.15, -0.1) is 0 Å². The number of hydrogen-bond donors (Lipinski definition) is 1. The fraction of sp³-hybridized carbons (Fsp3) is 0.115. The summed E-state index contributed by atoms with van der Waals surface area (Å²) in [5.74, 6) is 0. The summed E-state index contributed by atoms with van der Waals surface area (Å²) in [6, 6.07) is 23.9. The maximum absolute atomic E-state index is 13.6. The molecule has 0 saturated heterocycles. The first-order valence-electron chi connectivity index (χ1n) is 10.4. The van der Waals surface area contributed by atoms with Crippen LogP contribution in [0.2, 0.25) is 0 Å². The number of H-pyrrole nitrogens is 1. The maximum Gasteiger partial charge on any atom is 0.283 e. The molecule has 0 amide bonds. The lowest BCUT2D eigenvalue weighted by molar-refractivity contribution is 0.845. The van der Waals surface area contributed by atoms with Crippen LogP contribution in [-0.4, -0.2) is 20.5 Å². The van der Waals surface area contributed by atoms with Gasteiger partial charge in [-0.3, -0.25) is 14.9 Å². The van der Waals surface area contributed by atoms with E-state index in [0.717, 1.165) is 38.3 Å². The van der Waals surface area contributed by atoms with Crippen LogP contribution >= 0.6 is 11.3 Å². The Balaban J connectivity index is 1.72. The van der Waals surface area contributed by atoms with Crippen molar-refractivity contribution in [2.75, 3.05) is 0 Å². The molecule has 0 saturated carbocycles. The first kappa shape index (κ1) is 20.2. The van der Waals surface area contributed by atoms with E-state index in [-0.39, 0.29) is 5.56 Å². The van der Waals surface area contributed by atoms with Crippen LogP contribution in [0.1, 0.15) is 23.6 Å². The second-order valence-corrected chi connectivity index (χ2v) is 8.88. The molecule has 2 heterocycles. The van der Waals surface area contributed by atoms with Crippen molar-refractivity contribution in [1.82, 2.24) is 14.8 Å². The molecular formula is C26H22N4OS. The molecule has 0 fully saturated rings. The second kappa shape index (κ2) is 8.05. The highest BCUT2D eigenvalue weighted by molar-refractivity contribution is 7.20. The van der Waals surface area contributed by atoms with Crippen LogP contribution in [0.15, 0.2) is 82.6 Å². The van der Waals surface area contributed by atoms with Gasteiger partial charge in [0.15, 0.2) is 0 Å². The van der Waals surface area contributed by atoms with Gasteiger partial charge in [-0.1, -0.05) is 59.9 Å². The largest absolute Gasteiger partial charge is 0.288 e. The molecule has 6 heteroatoms. The first-order chi connectivity index (χ1) is 15.5. The van der Waals surface area contributed by atoms with E-state index in [2.05, 4.69) is 16.1 Å². The van der Waals surface area contributed by atoms with Crippen LogP contribution in [-0.2, 0) is 0 Å². The van der Waals surface area contributed by atoms with Crippen molar-refractivity contribution in [3.63, 3.8) is 0 Å². The number of para-hydroxylation sites is 1. The van der Waals surface area contributed by atoms with Crippen molar-refractivity contribution in [2.24, 2.45) is 4.99 Å². The summed E-state index contributed by atoms with van der Waals surface area (Å²) in [6.45, 7) is 5.98. The fourth-order valence-corrected chi connectivity index (χ4v) is 4.87. The third-order valence-corrected chi connectivity index (χ3v) is 6.31. The van der Waals surface area contributed by atoms with Crippen molar-refractivity contribution < 1.29 is 0 Å². The summed E-state index contributed by atoms with van der Waals surface area (Å²) in [6.07, 6.45) is 0. The summed E-state index contributed by atoms with van der Waals surface area (Å²) >= 11 is 1.48. The van der Waals surface area contributed by atoms with Gasteiger partial charge in [0.2, 0.25) is 5.13 Å². The molecule has 0 aliphatic heterocycles. The standard InChI is InChI=1S/C26H22N4OS/c1-16-13-17(2)15-20(14-16)27-18(3)23-24(19-9-5-4-6-10-19)29-30(25(23)31)26-28-21-11-7-8-12-22(21)32-26/h4-15,29H,1-3H3. The number of aromatic amines is 1. The van der Waals surface area contributed by atoms with E-state index in [4.69, 9.17) is 4.99 Å². The topological polar surface area (TPSA) is 63.0 Å². The fourth-order valence-electron chi connectivity index (χ4n) is 3.94. The number of hydrogen-bond acceptors (Lipinski definition) is 4. The average molecular weight is 439 g/mol. The minimum atomic E-state index is -0.159. The Hall–Kier alpha value is -3.77. The smallest absolute Gasteiger partial charge is 0.283 e. The van der Waals surface area contributed by atoms with E-state index in [0.29, 0.717) is 16.4 Å². The summed E-state index contributed by atoms with van der Waals surface area (Å²) in [7, 11) is 0. The predicted molar refractivity (Wildman–Crippen MR) is 133 cm³/mol. The van der Waals surface area contributed by atoms with Gasteiger partial charge < -0.3 is 0 Å². The Bertz CT molecular complexity index is 1470. The Morgan fingerprint density at radius 2 is 1.66 bits per heavy atom. The summed E-state index contributed by atoms with van der Waals surface area (Å²) in [4.78, 5) is 23.1. The minimum absolute atomic E-state index is 0.159. The van der Waals surface area contributed by atoms with Gasteiger partial charge in [0.1, 0.15) is 0 Å². The van der Waals surface area contributed by atoms with E-state index >= 15 is 0 Å². The van der Waals surface area contributed by atoms with Crippen molar-refractivity contribution >= 4 is 33.0 Å². The van der Waals surface area contributed by atoms with Crippen molar-refractivity contribution in [2.45, 2.75) is 20.8 Å². The molecule has 1 N–H and O–H groups in total. The monoisotopic (exact) mass is 438 g/mol. The lowest BCUT2D eigenvalue weighted by Gasteiger charge is -2.04. The van der Waals surface area contributed by atoms with E-state index in [9.17, 15) is 4.79 Å². The number of thiazole rings is 1. The quantitative estimate of drug-likeness (QED) is 0.340. The predicted octanol–water partition coefficient (Wildman–Crippen LogP) is 6.20. The summed E-state index contributed by atoms with van der Waals surface area (Å²) in [5, 5.41) is 3.91. The van der Waals surface area contributed by atoms with Gasteiger partial charge >= 0.3 is 0 Å². The molecule has 0 spiro atoms. The van der Waals surface area contributed by atoms with Crippen molar-refractivity contribution in [3.8, 4) is 16.4 Å². The molecule has 0 bridgehead atoms. The molecule has 32 heavy (non-hydrogen) atoms. The van der Waals surface area contributed by atoms with E-state index in [1.165, 1.54) is 16.0 Å². The van der Waals surface area contributed by atoms with Gasteiger partial charge in [0.05, 0.1) is 32.9 Å². The lowest BCUT2D eigenvalue weighted by Crippen LogP contribution is -2.19. The van der Waals surface area contributed by atoms with Crippen LogP contribution in [0.5, 0.6) is 0 Å². The van der Waals surface area contributed by atoms with E-state index < -0.39 is 0 Å². The van der Waals surface area contributed by atoms with Crippen molar-refractivity contribution in [3.05, 3.63) is 99.8 Å². The van der Waals surface area contributed by atoms with Crippen LogP contribution < -0.4 is 5.56 Å². The number of rotatable bonds is 4. The molecule has 3 aromatic carbocycles. The Labute approximate surface area is 189 Å². The van der Waals surface area contributed by atoms with Gasteiger partial charge in [-0.25, -0.2) is 4.98 Å². The molecule has 5 rings (SSSR count). The highest BCUT2D eigenvalue weighted by Crippen LogP contribution is 2.27. The zero-order valence-electron chi connectivity index (χ0n) is 18.1. The molecular weight excluding hydrogens is 416 g/mol. The number of benzene rings is 3. The number of nitrogens with zero attached hydrogens (tertiary/aromatic N) is 3. The zero-order valence-corrected chi connectivity index (χ0v) is 18.9.